The summed E-state index contributed by atoms with van der Waals surface area (Å²) >= 11 is 1.31. The SMILES string of the molecule is COc1ccccc1OCC(=O)OCC(=O)Nc1ccccc1SCC#N. The highest BCUT2D eigenvalue weighted by atomic mass is 32.2. The van der Waals surface area contributed by atoms with Gasteiger partial charge in [-0.3, -0.25) is 4.79 Å². The van der Waals surface area contributed by atoms with Crippen molar-refractivity contribution in [1.29, 1.82) is 5.26 Å². The van der Waals surface area contributed by atoms with Gasteiger partial charge in [0.1, 0.15) is 0 Å². The van der Waals surface area contributed by atoms with Gasteiger partial charge in [-0.25, -0.2) is 4.79 Å². The second-order valence-electron chi connectivity index (χ2n) is 5.09. The summed E-state index contributed by atoms with van der Waals surface area (Å²) in [7, 11) is 1.50. The van der Waals surface area contributed by atoms with Gasteiger partial charge < -0.3 is 19.5 Å². The Morgan fingerprint density at radius 2 is 1.78 bits per heavy atom. The average molecular weight is 386 g/mol. The number of ether oxygens (including phenoxy) is 3. The molecule has 8 heteroatoms. The quantitative estimate of drug-likeness (QED) is 0.523. The lowest BCUT2D eigenvalue weighted by Gasteiger charge is -2.11. The van der Waals surface area contributed by atoms with Gasteiger partial charge >= 0.3 is 5.97 Å². The Morgan fingerprint density at radius 3 is 2.52 bits per heavy atom. The van der Waals surface area contributed by atoms with Crippen LogP contribution in [0.15, 0.2) is 53.4 Å². The van der Waals surface area contributed by atoms with Gasteiger partial charge in [-0.15, -0.1) is 11.8 Å². The van der Waals surface area contributed by atoms with Crippen molar-refractivity contribution >= 4 is 29.3 Å². The fourth-order valence-corrected chi connectivity index (χ4v) is 2.72. The number of benzene rings is 2. The van der Waals surface area contributed by atoms with E-state index < -0.39 is 18.5 Å². The van der Waals surface area contributed by atoms with Gasteiger partial charge in [0, 0.05) is 4.90 Å². The molecule has 140 valence electrons. The van der Waals surface area contributed by atoms with Crippen LogP contribution in [-0.2, 0) is 14.3 Å². The largest absolute Gasteiger partial charge is 0.493 e. The molecule has 2 aromatic carbocycles. The van der Waals surface area contributed by atoms with Crippen LogP contribution in [-0.4, -0.2) is 38.0 Å². The van der Waals surface area contributed by atoms with Crippen LogP contribution in [0, 0.1) is 11.3 Å². The maximum Gasteiger partial charge on any atom is 0.344 e. The molecule has 2 rings (SSSR count). The van der Waals surface area contributed by atoms with Gasteiger partial charge in [0.25, 0.3) is 5.91 Å². The first-order valence-electron chi connectivity index (χ1n) is 7.94. The Hall–Kier alpha value is -3.18. The summed E-state index contributed by atoms with van der Waals surface area (Å²) < 4.78 is 15.4. The summed E-state index contributed by atoms with van der Waals surface area (Å²) in [5, 5.41) is 11.3. The van der Waals surface area contributed by atoms with E-state index in [1.807, 2.05) is 12.1 Å². The van der Waals surface area contributed by atoms with Gasteiger partial charge in [-0.2, -0.15) is 5.26 Å². The van der Waals surface area contributed by atoms with E-state index in [2.05, 4.69) is 5.32 Å². The number of hydrogen-bond acceptors (Lipinski definition) is 7. The van der Waals surface area contributed by atoms with Crippen molar-refractivity contribution in [2.24, 2.45) is 0 Å². The molecule has 2 aromatic rings. The summed E-state index contributed by atoms with van der Waals surface area (Å²) in [4.78, 5) is 24.5. The molecule has 27 heavy (non-hydrogen) atoms. The second-order valence-corrected chi connectivity index (χ2v) is 6.11. The Labute approximate surface area is 161 Å². The van der Waals surface area contributed by atoms with Crippen LogP contribution in [0.5, 0.6) is 11.5 Å². The van der Waals surface area contributed by atoms with Crippen molar-refractivity contribution in [3.05, 3.63) is 48.5 Å². The van der Waals surface area contributed by atoms with Crippen LogP contribution < -0.4 is 14.8 Å². The lowest BCUT2D eigenvalue weighted by molar-refractivity contribution is -0.149. The molecule has 0 radical (unpaired) electrons. The molecule has 0 aliphatic heterocycles. The van der Waals surface area contributed by atoms with Crippen molar-refractivity contribution in [3.8, 4) is 17.6 Å². The maximum atomic E-state index is 12.0. The highest BCUT2D eigenvalue weighted by Crippen LogP contribution is 2.27. The standard InChI is InChI=1S/C19H18N2O5S/c1-24-15-7-3-4-8-16(15)25-13-19(23)26-12-18(22)21-14-6-2-5-9-17(14)27-11-10-20/h2-9H,11-13H2,1H3,(H,21,22). The van der Waals surface area contributed by atoms with Crippen LogP contribution in [0.4, 0.5) is 5.69 Å². The third-order valence-corrected chi connectivity index (χ3v) is 4.17. The Balaban J connectivity index is 1.80. The molecule has 0 aliphatic carbocycles. The molecule has 0 heterocycles. The number of methoxy groups -OCH3 is 1. The smallest absolute Gasteiger partial charge is 0.344 e. The summed E-state index contributed by atoms with van der Waals surface area (Å²) in [5.74, 6) is 0.00974. The molecular weight excluding hydrogens is 368 g/mol. The van der Waals surface area contributed by atoms with E-state index in [-0.39, 0.29) is 12.4 Å². The van der Waals surface area contributed by atoms with Crippen LogP contribution in [0.3, 0.4) is 0 Å². The van der Waals surface area contributed by atoms with Crippen LogP contribution >= 0.6 is 11.8 Å². The van der Waals surface area contributed by atoms with Crippen molar-refractivity contribution < 1.29 is 23.8 Å². The van der Waals surface area contributed by atoms with Crippen molar-refractivity contribution in [1.82, 2.24) is 0 Å². The van der Waals surface area contributed by atoms with E-state index in [0.29, 0.717) is 17.2 Å². The molecule has 1 amide bonds. The number of rotatable bonds is 9. The highest BCUT2D eigenvalue weighted by molar-refractivity contribution is 7.99. The highest BCUT2D eigenvalue weighted by Gasteiger charge is 2.12. The number of amides is 1. The molecule has 0 aliphatic rings. The number of thioether (sulfide) groups is 1. The number of nitrogens with zero attached hydrogens (tertiary/aromatic N) is 1. The molecule has 1 N–H and O–H groups in total. The molecule has 0 spiro atoms. The third-order valence-electron chi connectivity index (χ3n) is 3.23. The third kappa shape index (κ3) is 6.56. The number of nitriles is 1. The van der Waals surface area contributed by atoms with Gasteiger partial charge in [0.2, 0.25) is 0 Å². The molecule has 0 fully saturated rings. The summed E-state index contributed by atoms with van der Waals surface area (Å²) in [6, 6.07) is 16.0. The first-order chi connectivity index (χ1) is 13.1. The van der Waals surface area contributed by atoms with Crippen LogP contribution in [0.2, 0.25) is 0 Å². The van der Waals surface area contributed by atoms with E-state index in [9.17, 15) is 9.59 Å². The molecule has 7 nitrogen and oxygen atoms in total. The van der Waals surface area contributed by atoms with Crippen molar-refractivity contribution in [2.75, 3.05) is 31.4 Å². The van der Waals surface area contributed by atoms with Gasteiger partial charge in [0.15, 0.2) is 24.7 Å². The lowest BCUT2D eigenvalue weighted by atomic mass is 10.3. The molecule has 0 atom stereocenters. The zero-order valence-electron chi connectivity index (χ0n) is 14.6. The minimum Gasteiger partial charge on any atom is -0.493 e. The van der Waals surface area contributed by atoms with E-state index >= 15 is 0 Å². The van der Waals surface area contributed by atoms with Crippen LogP contribution in [0.1, 0.15) is 0 Å². The molecule has 0 saturated heterocycles. The number of carbonyl (C=O) groups is 2. The summed E-state index contributed by atoms with van der Waals surface area (Å²) in [6.07, 6.45) is 0. The fraction of sp³-hybridized carbons (Fsp3) is 0.211. The normalized spacial score (nSPS) is 9.78. The van der Waals surface area contributed by atoms with E-state index in [4.69, 9.17) is 19.5 Å². The number of carbonyl (C=O) groups excluding carboxylic acids is 2. The first kappa shape index (κ1) is 20.1. The monoisotopic (exact) mass is 386 g/mol. The predicted molar refractivity (Wildman–Crippen MR) is 101 cm³/mol. The van der Waals surface area contributed by atoms with E-state index in [1.165, 1.54) is 18.9 Å². The zero-order chi connectivity index (χ0) is 19.5. The minimum absolute atomic E-state index is 0.266. The fourth-order valence-electron chi connectivity index (χ4n) is 2.05. The van der Waals surface area contributed by atoms with E-state index in [1.54, 1.807) is 42.5 Å². The predicted octanol–water partition coefficient (Wildman–Crippen LogP) is 2.87. The molecular formula is C19H18N2O5S. The maximum absolute atomic E-state index is 12.0. The molecule has 0 saturated carbocycles. The number of anilines is 1. The van der Waals surface area contributed by atoms with E-state index in [0.717, 1.165) is 4.90 Å². The Morgan fingerprint density at radius 1 is 1.07 bits per heavy atom. The molecule has 0 aromatic heterocycles. The second kappa shape index (κ2) is 10.7. The minimum atomic E-state index is -0.678. The van der Waals surface area contributed by atoms with Crippen molar-refractivity contribution in [2.45, 2.75) is 4.90 Å². The van der Waals surface area contributed by atoms with Crippen molar-refractivity contribution in [3.63, 3.8) is 0 Å². The summed E-state index contributed by atoms with van der Waals surface area (Å²) in [6.45, 7) is -0.784. The number of para-hydroxylation sites is 3. The Kier molecular flexibility index (Phi) is 8.00. The van der Waals surface area contributed by atoms with Gasteiger partial charge in [0.05, 0.1) is 24.6 Å². The lowest BCUT2D eigenvalue weighted by Crippen LogP contribution is -2.24. The van der Waals surface area contributed by atoms with Gasteiger partial charge in [-0.05, 0) is 24.3 Å². The van der Waals surface area contributed by atoms with Crippen LogP contribution in [0.25, 0.3) is 0 Å². The number of esters is 1. The number of nitrogens with one attached hydrogen (secondary N) is 1. The average Bonchev–Trinajstić information content (AvgIpc) is 2.70. The molecule has 0 unspecified atom stereocenters. The Bertz CT molecular complexity index is 835. The topological polar surface area (TPSA) is 97.7 Å². The number of hydrogen-bond donors (Lipinski definition) is 1. The first-order valence-corrected chi connectivity index (χ1v) is 8.92. The molecule has 0 bridgehead atoms. The summed E-state index contributed by atoms with van der Waals surface area (Å²) in [5.41, 5.74) is 0.559. The zero-order valence-corrected chi connectivity index (χ0v) is 15.5. The van der Waals surface area contributed by atoms with Gasteiger partial charge in [-0.1, -0.05) is 24.3 Å².